The van der Waals surface area contributed by atoms with Gasteiger partial charge in [0.25, 0.3) is 0 Å². The van der Waals surface area contributed by atoms with E-state index < -0.39 is 0 Å². The molecule has 4 aromatic heterocycles. The third-order valence-corrected chi connectivity index (χ3v) is 13.1. The maximum atomic E-state index is 5.94. The summed E-state index contributed by atoms with van der Waals surface area (Å²) in [6.45, 7) is 8.03. The summed E-state index contributed by atoms with van der Waals surface area (Å²) in [6, 6.07) is 18.3. The first-order chi connectivity index (χ1) is 21.8. The van der Waals surface area contributed by atoms with E-state index in [9.17, 15) is 0 Å². The lowest BCUT2D eigenvalue weighted by molar-refractivity contribution is 0.133. The summed E-state index contributed by atoms with van der Waals surface area (Å²) in [5.41, 5.74) is 0. The second kappa shape index (κ2) is 21.5. The van der Waals surface area contributed by atoms with E-state index >= 15 is 0 Å². The van der Waals surface area contributed by atoms with Crippen LogP contribution >= 0.6 is 45.3 Å². The zero-order valence-electron chi connectivity index (χ0n) is 27.2. The molecule has 0 atom stereocenters. The van der Waals surface area contributed by atoms with Crippen LogP contribution in [0.4, 0.5) is 0 Å². The van der Waals surface area contributed by atoms with Gasteiger partial charge in [-0.05, 0) is 61.4 Å². The molecule has 0 saturated carbocycles. The van der Waals surface area contributed by atoms with Crippen molar-refractivity contribution in [2.75, 3.05) is 26.4 Å². The van der Waals surface area contributed by atoms with Crippen molar-refractivity contribution in [3.8, 4) is 29.3 Å². The highest BCUT2D eigenvalue weighted by Crippen LogP contribution is 2.43. The summed E-state index contributed by atoms with van der Waals surface area (Å²) >= 11 is 7.66. The lowest BCUT2D eigenvalue weighted by Gasteiger charge is -2.03. The van der Waals surface area contributed by atoms with Crippen molar-refractivity contribution in [1.29, 1.82) is 0 Å². The van der Waals surface area contributed by atoms with E-state index in [0.29, 0.717) is 0 Å². The van der Waals surface area contributed by atoms with Gasteiger partial charge in [-0.15, -0.1) is 45.3 Å². The minimum absolute atomic E-state index is 0.833. The molecular weight excluding hydrogens is 617 g/mol. The molecule has 242 valence electrons. The van der Waals surface area contributed by atoms with E-state index in [1.165, 1.54) is 129 Å². The number of hydrogen-bond donors (Lipinski definition) is 0. The molecule has 0 saturated heterocycles. The fraction of sp³-hybridized carbons (Fsp3) is 0.579. The van der Waals surface area contributed by atoms with Gasteiger partial charge in [0.15, 0.2) is 0 Å². The molecule has 4 heterocycles. The van der Waals surface area contributed by atoms with Crippen LogP contribution < -0.4 is 0 Å². The summed E-state index contributed by atoms with van der Waals surface area (Å²) in [5.74, 6) is 0. The van der Waals surface area contributed by atoms with Crippen molar-refractivity contribution in [2.24, 2.45) is 0 Å². The second-order valence-corrected chi connectivity index (χ2v) is 16.3. The van der Waals surface area contributed by atoms with Crippen molar-refractivity contribution in [2.45, 2.75) is 117 Å². The first kappa shape index (κ1) is 35.6. The zero-order valence-corrected chi connectivity index (χ0v) is 30.5. The van der Waals surface area contributed by atoms with Gasteiger partial charge in [0.05, 0.1) is 13.2 Å². The van der Waals surface area contributed by atoms with Crippen LogP contribution in [0.15, 0.2) is 48.5 Å². The van der Waals surface area contributed by atoms with Gasteiger partial charge in [0.2, 0.25) is 0 Å². The highest BCUT2D eigenvalue weighted by molar-refractivity contribution is 7.28. The molecule has 0 amide bonds. The van der Waals surface area contributed by atoms with Gasteiger partial charge in [-0.1, -0.05) is 90.9 Å². The predicted molar refractivity (Wildman–Crippen MR) is 199 cm³/mol. The zero-order chi connectivity index (χ0) is 30.7. The Labute approximate surface area is 283 Å². The maximum Gasteiger partial charge on any atom is 0.0514 e. The monoisotopic (exact) mass is 670 g/mol. The molecular formula is C38H54O2S4. The average Bonchev–Trinajstić information content (AvgIpc) is 3.85. The Hall–Kier alpha value is -1.28. The lowest BCUT2D eigenvalue weighted by Crippen LogP contribution is -1.99. The summed E-state index contributed by atoms with van der Waals surface area (Å²) in [6.07, 6.45) is 20.7. The molecule has 0 unspecified atom stereocenters. The molecule has 0 radical (unpaired) electrons. The van der Waals surface area contributed by atoms with Crippen molar-refractivity contribution < 1.29 is 9.47 Å². The smallest absolute Gasteiger partial charge is 0.0514 e. The molecule has 0 spiro atoms. The van der Waals surface area contributed by atoms with Gasteiger partial charge in [-0.25, -0.2) is 0 Å². The Kier molecular flexibility index (Phi) is 17.4. The minimum Gasteiger partial charge on any atom is -0.381 e. The number of rotatable bonds is 25. The molecule has 0 aromatic carbocycles. The standard InChI is InChI=1S/C38H54O2S4/c1-3-5-7-9-11-13-15-27-39-29-25-31-17-19-33(41-31)35-21-23-37(43-35)38-24-22-36(44-38)34-20-18-32(42-34)26-30-40-28-16-14-12-10-8-6-4-2/h17-24H,3-16,25-30H2,1-2H3. The Morgan fingerprint density at radius 2 is 0.682 bits per heavy atom. The Balaban J connectivity index is 1.14. The number of thiophene rings is 4. The molecule has 4 aromatic rings. The van der Waals surface area contributed by atoms with Gasteiger partial charge in [0, 0.05) is 65.1 Å². The van der Waals surface area contributed by atoms with Crippen LogP contribution in [0, 0.1) is 0 Å². The predicted octanol–water partition coefficient (Wildman–Crippen LogP) is 13.6. The summed E-state index contributed by atoms with van der Waals surface area (Å²) in [4.78, 5) is 11.0. The van der Waals surface area contributed by atoms with Crippen molar-refractivity contribution in [3.05, 3.63) is 58.3 Å². The Bertz CT molecular complexity index is 1180. The first-order valence-corrected chi connectivity index (χ1v) is 20.6. The van der Waals surface area contributed by atoms with Crippen LogP contribution in [0.1, 0.15) is 113 Å². The molecule has 0 N–H and O–H groups in total. The van der Waals surface area contributed by atoms with E-state index in [1.54, 1.807) is 0 Å². The molecule has 4 rings (SSSR count). The number of unbranched alkanes of at least 4 members (excludes halogenated alkanes) is 12. The van der Waals surface area contributed by atoms with Crippen LogP contribution in [0.2, 0.25) is 0 Å². The normalized spacial score (nSPS) is 11.6. The van der Waals surface area contributed by atoms with Crippen LogP contribution in [0.25, 0.3) is 29.3 Å². The molecule has 6 heteroatoms. The van der Waals surface area contributed by atoms with Gasteiger partial charge in [-0.3, -0.25) is 0 Å². The number of hydrogen-bond acceptors (Lipinski definition) is 6. The average molecular weight is 671 g/mol. The van der Waals surface area contributed by atoms with Crippen molar-refractivity contribution in [3.63, 3.8) is 0 Å². The topological polar surface area (TPSA) is 18.5 Å². The summed E-state index contributed by atoms with van der Waals surface area (Å²) < 4.78 is 11.9. The van der Waals surface area contributed by atoms with Gasteiger partial charge in [0.1, 0.15) is 0 Å². The van der Waals surface area contributed by atoms with Crippen LogP contribution in [-0.2, 0) is 22.3 Å². The highest BCUT2D eigenvalue weighted by Gasteiger charge is 2.12. The largest absolute Gasteiger partial charge is 0.381 e. The molecule has 2 nitrogen and oxygen atoms in total. The Morgan fingerprint density at radius 3 is 1.07 bits per heavy atom. The molecule has 0 aliphatic carbocycles. The summed E-state index contributed by atoms with van der Waals surface area (Å²) in [7, 11) is 0. The molecule has 44 heavy (non-hydrogen) atoms. The van der Waals surface area contributed by atoms with Gasteiger partial charge < -0.3 is 9.47 Å². The molecule has 0 fully saturated rings. The first-order valence-electron chi connectivity index (χ1n) is 17.3. The SMILES string of the molecule is CCCCCCCCCOCCc1ccc(-c2ccc(-c3ccc(-c4ccc(CCOCCCCCCCCC)s4)s3)s2)s1. The van der Waals surface area contributed by atoms with Crippen molar-refractivity contribution >= 4 is 45.3 Å². The minimum atomic E-state index is 0.833. The lowest BCUT2D eigenvalue weighted by atomic mass is 10.1. The Morgan fingerprint density at radius 1 is 0.364 bits per heavy atom. The van der Waals surface area contributed by atoms with Crippen molar-refractivity contribution in [1.82, 2.24) is 0 Å². The summed E-state index contributed by atoms with van der Waals surface area (Å²) in [5, 5.41) is 0. The maximum absolute atomic E-state index is 5.94. The van der Waals surface area contributed by atoms with Crippen LogP contribution in [-0.4, -0.2) is 26.4 Å². The van der Waals surface area contributed by atoms with Crippen LogP contribution in [0.3, 0.4) is 0 Å². The second-order valence-electron chi connectivity index (χ2n) is 11.8. The van der Waals surface area contributed by atoms with Gasteiger partial charge in [-0.2, -0.15) is 0 Å². The third kappa shape index (κ3) is 12.8. The van der Waals surface area contributed by atoms with E-state index in [1.807, 2.05) is 45.3 Å². The quantitative estimate of drug-likeness (QED) is 0.0653. The van der Waals surface area contributed by atoms with E-state index in [0.717, 1.165) is 39.3 Å². The molecule has 0 aliphatic heterocycles. The van der Waals surface area contributed by atoms with E-state index in [-0.39, 0.29) is 0 Å². The number of ether oxygens (including phenoxy) is 2. The highest BCUT2D eigenvalue weighted by atomic mass is 32.1. The van der Waals surface area contributed by atoms with Crippen LogP contribution in [0.5, 0.6) is 0 Å². The van der Waals surface area contributed by atoms with E-state index in [2.05, 4.69) is 62.4 Å². The van der Waals surface area contributed by atoms with E-state index in [4.69, 9.17) is 9.47 Å². The molecule has 0 bridgehead atoms. The fourth-order valence-electron chi connectivity index (χ4n) is 5.37. The van der Waals surface area contributed by atoms with Gasteiger partial charge >= 0.3 is 0 Å². The molecule has 0 aliphatic rings. The third-order valence-electron chi connectivity index (χ3n) is 8.03. The fourth-order valence-corrected chi connectivity index (χ4v) is 9.63.